The summed E-state index contributed by atoms with van der Waals surface area (Å²) < 4.78 is 0. The Kier molecular flexibility index (Phi) is 6.61. The molecule has 128 valence electrons. The Bertz CT molecular complexity index is 726. The van der Waals surface area contributed by atoms with Gasteiger partial charge in [0.15, 0.2) is 5.16 Å². The molecule has 1 heterocycles. The number of thioether (sulfide) groups is 1. The Balaban J connectivity index is 1.98. The molecule has 6 heteroatoms. The van der Waals surface area contributed by atoms with E-state index in [1.807, 2.05) is 0 Å². The van der Waals surface area contributed by atoms with Crippen LogP contribution in [-0.4, -0.2) is 21.6 Å². The molecule has 1 amide bonds. The van der Waals surface area contributed by atoms with Crippen LogP contribution in [-0.2, 0) is 11.2 Å². The monoisotopic (exact) mass is 345 g/mol. The van der Waals surface area contributed by atoms with E-state index in [1.165, 1.54) is 29.6 Å². The zero-order valence-corrected chi connectivity index (χ0v) is 15.0. The van der Waals surface area contributed by atoms with Crippen molar-refractivity contribution in [2.24, 2.45) is 5.92 Å². The highest BCUT2D eigenvalue weighted by Crippen LogP contribution is 2.22. The Morgan fingerprint density at radius 1 is 1.25 bits per heavy atom. The average Bonchev–Trinajstić information content (AvgIpc) is 2.58. The second-order valence-electron chi connectivity index (χ2n) is 5.91. The number of amides is 1. The van der Waals surface area contributed by atoms with Crippen molar-refractivity contribution in [1.29, 1.82) is 0 Å². The van der Waals surface area contributed by atoms with Gasteiger partial charge in [0.25, 0.3) is 5.56 Å². The molecule has 5 nitrogen and oxygen atoms in total. The smallest absolute Gasteiger partial charge is 0.251 e. The van der Waals surface area contributed by atoms with Crippen molar-refractivity contribution < 1.29 is 4.79 Å². The van der Waals surface area contributed by atoms with Crippen LogP contribution in [0.2, 0.25) is 0 Å². The SMILES string of the molecule is CCc1ccc([C@H](NC(=O)CSc2nccc(=O)[nH]2)C(C)C)cc1. The molecule has 2 rings (SSSR count). The Labute approximate surface area is 146 Å². The van der Waals surface area contributed by atoms with Gasteiger partial charge in [-0.3, -0.25) is 9.59 Å². The number of rotatable bonds is 7. The Morgan fingerprint density at radius 2 is 1.96 bits per heavy atom. The van der Waals surface area contributed by atoms with Gasteiger partial charge in [0.05, 0.1) is 11.8 Å². The van der Waals surface area contributed by atoms with Crippen LogP contribution >= 0.6 is 11.8 Å². The molecule has 0 aliphatic carbocycles. The molecule has 2 aromatic rings. The van der Waals surface area contributed by atoms with Gasteiger partial charge in [-0.05, 0) is 23.5 Å². The van der Waals surface area contributed by atoms with Crippen LogP contribution in [0.15, 0.2) is 46.5 Å². The molecule has 0 aliphatic heterocycles. The van der Waals surface area contributed by atoms with E-state index in [-0.39, 0.29) is 29.2 Å². The summed E-state index contributed by atoms with van der Waals surface area (Å²) in [6.07, 6.45) is 2.43. The topological polar surface area (TPSA) is 74.8 Å². The number of aromatic amines is 1. The minimum atomic E-state index is -0.219. The van der Waals surface area contributed by atoms with Crippen LogP contribution in [0.5, 0.6) is 0 Å². The van der Waals surface area contributed by atoms with Crippen LogP contribution in [0.25, 0.3) is 0 Å². The summed E-state index contributed by atoms with van der Waals surface area (Å²) in [7, 11) is 0. The quantitative estimate of drug-likeness (QED) is 0.598. The number of carbonyl (C=O) groups excluding carboxylic acids is 1. The maximum Gasteiger partial charge on any atom is 0.251 e. The standard InChI is InChI=1S/C18H23N3O2S/c1-4-13-5-7-14(8-6-13)17(12(2)3)20-16(23)11-24-18-19-10-9-15(22)21-18/h5-10,12,17H,4,11H2,1-3H3,(H,20,23)(H,19,21,22)/t17-/m1/s1. The lowest BCUT2D eigenvalue weighted by Gasteiger charge is -2.23. The van der Waals surface area contributed by atoms with E-state index in [0.717, 1.165) is 12.0 Å². The van der Waals surface area contributed by atoms with E-state index in [1.54, 1.807) is 0 Å². The van der Waals surface area contributed by atoms with Gasteiger partial charge in [0, 0.05) is 12.3 Å². The Morgan fingerprint density at radius 3 is 2.54 bits per heavy atom. The molecule has 0 saturated carbocycles. The van der Waals surface area contributed by atoms with Crippen LogP contribution < -0.4 is 10.9 Å². The average molecular weight is 345 g/mol. The number of aryl methyl sites for hydroxylation is 1. The molecule has 1 aromatic heterocycles. The predicted molar refractivity (Wildman–Crippen MR) is 97.1 cm³/mol. The first-order valence-corrected chi connectivity index (χ1v) is 9.04. The summed E-state index contributed by atoms with van der Waals surface area (Å²) in [5, 5.41) is 3.53. The number of H-pyrrole nitrogens is 1. The third-order valence-electron chi connectivity index (χ3n) is 3.72. The van der Waals surface area contributed by atoms with Crippen molar-refractivity contribution in [3.8, 4) is 0 Å². The largest absolute Gasteiger partial charge is 0.348 e. The van der Waals surface area contributed by atoms with Gasteiger partial charge in [0.1, 0.15) is 0 Å². The summed E-state index contributed by atoms with van der Waals surface area (Å²) >= 11 is 1.22. The van der Waals surface area contributed by atoms with E-state index in [9.17, 15) is 9.59 Å². The van der Waals surface area contributed by atoms with E-state index >= 15 is 0 Å². The molecule has 24 heavy (non-hydrogen) atoms. The first kappa shape index (κ1) is 18.3. The van der Waals surface area contributed by atoms with Gasteiger partial charge < -0.3 is 10.3 Å². The molecular formula is C18H23N3O2S. The van der Waals surface area contributed by atoms with Crippen molar-refractivity contribution in [2.75, 3.05) is 5.75 Å². The lowest BCUT2D eigenvalue weighted by atomic mass is 9.95. The molecule has 0 bridgehead atoms. The van der Waals surface area contributed by atoms with E-state index in [0.29, 0.717) is 5.16 Å². The molecule has 0 aliphatic rings. The van der Waals surface area contributed by atoms with Crippen molar-refractivity contribution in [3.63, 3.8) is 0 Å². The summed E-state index contributed by atoms with van der Waals surface area (Å²) in [6.45, 7) is 6.29. The predicted octanol–water partition coefficient (Wildman–Crippen LogP) is 2.94. The highest BCUT2D eigenvalue weighted by molar-refractivity contribution is 7.99. The number of hydrogen-bond acceptors (Lipinski definition) is 4. The van der Waals surface area contributed by atoms with E-state index in [2.05, 4.69) is 60.3 Å². The first-order chi connectivity index (χ1) is 11.5. The van der Waals surface area contributed by atoms with Crippen LogP contribution in [0.3, 0.4) is 0 Å². The molecule has 1 atom stereocenters. The molecule has 0 saturated heterocycles. The highest BCUT2D eigenvalue weighted by Gasteiger charge is 2.18. The normalized spacial score (nSPS) is 12.2. The first-order valence-electron chi connectivity index (χ1n) is 8.06. The van der Waals surface area contributed by atoms with Crippen LogP contribution in [0.1, 0.15) is 37.9 Å². The van der Waals surface area contributed by atoms with Crippen molar-refractivity contribution >= 4 is 17.7 Å². The number of nitrogens with one attached hydrogen (secondary N) is 2. The summed E-state index contributed by atoms with van der Waals surface area (Å²) in [5.41, 5.74) is 2.16. The van der Waals surface area contributed by atoms with E-state index in [4.69, 9.17) is 0 Å². The molecule has 0 unspecified atom stereocenters. The number of carbonyl (C=O) groups is 1. The van der Waals surface area contributed by atoms with Gasteiger partial charge >= 0.3 is 0 Å². The van der Waals surface area contributed by atoms with Crippen molar-refractivity contribution in [2.45, 2.75) is 38.4 Å². The highest BCUT2D eigenvalue weighted by atomic mass is 32.2. The summed E-state index contributed by atoms with van der Waals surface area (Å²) in [6, 6.07) is 9.67. The number of aromatic nitrogens is 2. The van der Waals surface area contributed by atoms with Crippen molar-refractivity contribution in [1.82, 2.24) is 15.3 Å². The molecule has 2 N–H and O–H groups in total. The number of hydrogen-bond donors (Lipinski definition) is 2. The van der Waals surface area contributed by atoms with E-state index < -0.39 is 0 Å². The molecular weight excluding hydrogens is 322 g/mol. The lowest BCUT2D eigenvalue weighted by Crippen LogP contribution is -2.33. The summed E-state index contributed by atoms with van der Waals surface area (Å²) in [5.74, 6) is 0.411. The summed E-state index contributed by atoms with van der Waals surface area (Å²) in [4.78, 5) is 30.1. The van der Waals surface area contributed by atoms with Gasteiger partial charge in [-0.15, -0.1) is 0 Å². The maximum absolute atomic E-state index is 12.3. The second kappa shape index (κ2) is 8.68. The number of nitrogens with zero attached hydrogens (tertiary/aromatic N) is 1. The lowest BCUT2D eigenvalue weighted by molar-refractivity contribution is -0.119. The minimum Gasteiger partial charge on any atom is -0.348 e. The van der Waals surface area contributed by atoms with Gasteiger partial charge in [-0.2, -0.15) is 0 Å². The zero-order chi connectivity index (χ0) is 17.5. The fourth-order valence-corrected chi connectivity index (χ4v) is 3.03. The zero-order valence-electron chi connectivity index (χ0n) is 14.2. The fraction of sp³-hybridized carbons (Fsp3) is 0.389. The second-order valence-corrected chi connectivity index (χ2v) is 6.88. The van der Waals surface area contributed by atoms with Gasteiger partial charge in [0.2, 0.25) is 5.91 Å². The fourth-order valence-electron chi connectivity index (χ4n) is 2.37. The third-order valence-corrected chi connectivity index (χ3v) is 4.61. The molecule has 0 radical (unpaired) electrons. The number of benzene rings is 1. The molecule has 1 aromatic carbocycles. The van der Waals surface area contributed by atoms with Crippen molar-refractivity contribution in [3.05, 3.63) is 58.0 Å². The third kappa shape index (κ3) is 5.23. The Hall–Kier alpha value is -2.08. The molecule has 0 spiro atoms. The van der Waals surface area contributed by atoms with Gasteiger partial charge in [-0.1, -0.05) is 56.8 Å². The van der Waals surface area contributed by atoms with Gasteiger partial charge in [-0.25, -0.2) is 4.98 Å². The van der Waals surface area contributed by atoms with Crippen LogP contribution in [0.4, 0.5) is 0 Å². The molecule has 0 fully saturated rings. The minimum absolute atomic E-state index is 0.0354. The van der Waals surface area contributed by atoms with Crippen LogP contribution in [0, 0.1) is 5.92 Å². The maximum atomic E-state index is 12.3.